The molecular formula is C9H18O8. The summed E-state index contributed by atoms with van der Waals surface area (Å²) in [6.07, 6.45) is -7.77. The van der Waals surface area contributed by atoms with Gasteiger partial charge in [-0.2, -0.15) is 0 Å². The molecule has 0 aliphatic carbocycles. The lowest BCUT2D eigenvalue weighted by atomic mass is 9.99. The second-order valence-corrected chi connectivity index (χ2v) is 3.42. The largest absolute Gasteiger partial charge is 0.479 e. The second kappa shape index (κ2) is 7.54. The molecule has 0 heterocycles. The molecule has 5 N–H and O–H groups in total. The first kappa shape index (κ1) is 16.2. The van der Waals surface area contributed by atoms with E-state index in [2.05, 4.69) is 4.74 Å². The molecule has 0 saturated heterocycles. The average Bonchev–Trinajstić information content (AvgIpc) is 2.30. The number of carboxylic acid groups (broad SMARTS) is 1. The SMILES string of the molecule is COC(C(O)CO)C(O)C(OC)C(O)C(=O)O. The van der Waals surface area contributed by atoms with Crippen LogP contribution >= 0.6 is 0 Å². The van der Waals surface area contributed by atoms with E-state index in [1.165, 1.54) is 0 Å². The Morgan fingerprint density at radius 3 is 1.88 bits per heavy atom. The van der Waals surface area contributed by atoms with Crippen LogP contribution in [0.15, 0.2) is 0 Å². The number of carbonyl (C=O) groups is 1. The highest BCUT2D eigenvalue weighted by atomic mass is 16.5. The maximum absolute atomic E-state index is 10.6. The summed E-state index contributed by atoms with van der Waals surface area (Å²) in [6.45, 7) is -0.685. The topological polar surface area (TPSA) is 137 Å². The molecule has 8 heteroatoms. The Morgan fingerprint density at radius 1 is 1.12 bits per heavy atom. The summed E-state index contributed by atoms with van der Waals surface area (Å²) in [5, 5.41) is 45.7. The van der Waals surface area contributed by atoms with Crippen LogP contribution in [0.2, 0.25) is 0 Å². The maximum Gasteiger partial charge on any atom is 0.335 e. The molecule has 0 fully saturated rings. The predicted molar refractivity (Wildman–Crippen MR) is 54.3 cm³/mol. The molecule has 0 aliphatic heterocycles. The molecule has 17 heavy (non-hydrogen) atoms. The molecule has 0 aromatic carbocycles. The molecule has 8 nitrogen and oxygen atoms in total. The molecule has 0 amide bonds. The molecule has 0 radical (unpaired) electrons. The molecule has 0 rings (SSSR count). The van der Waals surface area contributed by atoms with Gasteiger partial charge in [0.2, 0.25) is 0 Å². The molecule has 0 saturated carbocycles. The minimum Gasteiger partial charge on any atom is -0.479 e. The van der Waals surface area contributed by atoms with Crippen LogP contribution in [0.1, 0.15) is 0 Å². The number of carboxylic acids is 1. The van der Waals surface area contributed by atoms with Gasteiger partial charge in [-0.15, -0.1) is 0 Å². The van der Waals surface area contributed by atoms with Crippen molar-refractivity contribution >= 4 is 5.97 Å². The van der Waals surface area contributed by atoms with Crippen molar-refractivity contribution in [2.45, 2.75) is 30.5 Å². The van der Waals surface area contributed by atoms with Crippen LogP contribution in [-0.4, -0.2) is 82.8 Å². The molecule has 0 aliphatic rings. The summed E-state index contributed by atoms with van der Waals surface area (Å²) < 4.78 is 9.39. The standard InChI is InChI=1S/C9H18O8/c1-16-7(4(11)3-10)5(12)8(17-2)6(13)9(14)15/h4-8,10-13H,3H2,1-2H3,(H,14,15). The highest BCUT2D eigenvalue weighted by Crippen LogP contribution is 2.14. The lowest BCUT2D eigenvalue weighted by Crippen LogP contribution is -2.53. The average molecular weight is 254 g/mol. The number of ether oxygens (including phenoxy) is 2. The minimum absolute atomic E-state index is 0.685. The molecule has 0 spiro atoms. The maximum atomic E-state index is 10.6. The Morgan fingerprint density at radius 2 is 1.59 bits per heavy atom. The molecule has 0 bridgehead atoms. The summed E-state index contributed by atoms with van der Waals surface area (Å²) in [5.41, 5.74) is 0. The van der Waals surface area contributed by atoms with E-state index in [1.807, 2.05) is 0 Å². The number of aliphatic carboxylic acids is 1. The van der Waals surface area contributed by atoms with Gasteiger partial charge in [0.15, 0.2) is 6.10 Å². The van der Waals surface area contributed by atoms with Gasteiger partial charge in [-0.1, -0.05) is 0 Å². The Kier molecular flexibility index (Phi) is 7.19. The van der Waals surface area contributed by atoms with Gasteiger partial charge < -0.3 is 35.0 Å². The van der Waals surface area contributed by atoms with Crippen molar-refractivity contribution < 1.29 is 39.8 Å². The van der Waals surface area contributed by atoms with Crippen LogP contribution in [0.5, 0.6) is 0 Å². The van der Waals surface area contributed by atoms with Crippen LogP contribution in [0.25, 0.3) is 0 Å². The highest BCUT2D eigenvalue weighted by Gasteiger charge is 2.39. The Labute approximate surface area is 98.0 Å². The van der Waals surface area contributed by atoms with Crippen LogP contribution < -0.4 is 0 Å². The zero-order valence-electron chi connectivity index (χ0n) is 9.55. The van der Waals surface area contributed by atoms with Crippen molar-refractivity contribution in [3.05, 3.63) is 0 Å². The lowest BCUT2D eigenvalue weighted by molar-refractivity contribution is -0.178. The van der Waals surface area contributed by atoms with Gasteiger partial charge in [-0.25, -0.2) is 4.79 Å². The Balaban J connectivity index is 4.81. The van der Waals surface area contributed by atoms with E-state index in [4.69, 9.17) is 14.9 Å². The quantitative estimate of drug-likeness (QED) is 0.313. The van der Waals surface area contributed by atoms with Gasteiger partial charge in [-0.05, 0) is 0 Å². The first-order chi connectivity index (χ1) is 7.90. The number of hydrogen-bond acceptors (Lipinski definition) is 7. The fourth-order valence-electron chi connectivity index (χ4n) is 1.41. The fraction of sp³-hybridized carbons (Fsp3) is 0.889. The van der Waals surface area contributed by atoms with Gasteiger partial charge in [-0.3, -0.25) is 0 Å². The lowest BCUT2D eigenvalue weighted by Gasteiger charge is -2.31. The Bertz CT molecular complexity index is 233. The minimum atomic E-state index is -1.97. The van der Waals surface area contributed by atoms with Crippen molar-refractivity contribution in [1.29, 1.82) is 0 Å². The molecule has 102 valence electrons. The van der Waals surface area contributed by atoms with E-state index in [9.17, 15) is 20.1 Å². The van der Waals surface area contributed by atoms with Crippen molar-refractivity contribution in [2.24, 2.45) is 0 Å². The first-order valence-electron chi connectivity index (χ1n) is 4.84. The number of aliphatic hydroxyl groups excluding tert-OH is 4. The van der Waals surface area contributed by atoms with Crippen LogP contribution in [-0.2, 0) is 14.3 Å². The number of hydrogen-bond donors (Lipinski definition) is 5. The number of aliphatic hydroxyl groups is 4. The van der Waals surface area contributed by atoms with Gasteiger partial charge in [0, 0.05) is 14.2 Å². The highest BCUT2D eigenvalue weighted by molar-refractivity contribution is 5.72. The summed E-state index contributed by atoms with van der Waals surface area (Å²) in [7, 11) is 2.25. The van der Waals surface area contributed by atoms with E-state index < -0.39 is 43.1 Å². The normalized spacial score (nSPS) is 20.4. The molecule has 0 aromatic heterocycles. The van der Waals surface area contributed by atoms with Crippen molar-refractivity contribution in [3.63, 3.8) is 0 Å². The molecule has 0 aromatic rings. The summed E-state index contributed by atoms with van der Waals surface area (Å²) >= 11 is 0. The third kappa shape index (κ3) is 4.19. The second-order valence-electron chi connectivity index (χ2n) is 3.42. The summed E-state index contributed by atoms with van der Waals surface area (Å²) in [6, 6.07) is 0. The zero-order valence-corrected chi connectivity index (χ0v) is 9.55. The van der Waals surface area contributed by atoms with Crippen molar-refractivity contribution in [3.8, 4) is 0 Å². The fourth-order valence-corrected chi connectivity index (χ4v) is 1.41. The Hall–Kier alpha value is -0.770. The van der Waals surface area contributed by atoms with Crippen molar-refractivity contribution in [2.75, 3.05) is 20.8 Å². The van der Waals surface area contributed by atoms with Gasteiger partial charge in [0.05, 0.1) is 6.61 Å². The van der Waals surface area contributed by atoms with E-state index >= 15 is 0 Å². The van der Waals surface area contributed by atoms with E-state index in [-0.39, 0.29) is 0 Å². The van der Waals surface area contributed by atoms with Crippen LogP contribution in [0, 0.1) is 0 Å². The third-order valence-electron chi connectivity index (χ3n) is 2.35. The first-order valence-corrected chi connectivity index (χ1v) is 4.84. The summed E-state index contributed by atoms with van der Waals surface area (Å²) in [4.78, 5) is 10.6. The smallest absolute Gasteiger partial charge is 0.335 e. The zero-order chi connectivity index (χ0) is 13.6. The molecule has 5 unspecified atom stereocenters. The predicted octanol–water partition coefficient (Wildman–Crippen LogP) is -2.82. The summed E-state index contributed by atoms with van der Waals surface area (Å²) in [5.74, 6) is -1.58. The third-order valence-corrected chi connectivity index (χ3v) is 2.35. The van der Waals surface area contributed by atoms with Crippen molar-refractivity contribution in [1.82, 2.24) is 0 Å². The number of methoxy groups -OCH3 is 2. The van der Waals surface area contributed by atoms with Gasteiger partial charge in [0.1, 0.15) is 24.4 Å². The molecular weight excluding hydrogens is 236 g/mol. The van der Waals surface area contributed by atoms with E-state index in [0.29, 0.717) is 0 Å². The van der Waals surface area contributed by atoms with E-state index in [0.717, 1.165) is 14.2 Å². The monoisotopic (exact) mass is 254 g/mol. The van der Waals surface area contributed by atoms with Gasteiger partial charge >= 0.3 is 5.97 Å². The van der Waals surface area contributed by atoms with Crippen LogP contribution in [0.4, 0.5) is 0 Å². The molecule has 5 atom stereocenters. The van der Waals surface area contributed by atoms with Crippen LogP contribution in [0.3, 0.4) is 0 Å². The van der Waals surface area contributed by atoms with Gasteiger partial charge in [0.25, 0.3) is 0 Å². The number of rotatable bonds is 8. The van der Waals surface area contributed by atoms with E-state index in [1.54, 1.807) is 0 Å².